The van der Waals surface area contributed by atoms with E-state index in [-0.39, 0.29) is 24.4 Å². The van der Waals surface area contributed by atoms with Crippen molar-refractivity contribution in [1.29, 1.82) is 0 Å². The highest BCUT2D eigenvalue weighted by Crippen LogP contribution is 2.27. The van der Waals surface area contributed by atoms with Crippen LogP contribution in [0.1, 0.15) is 16.5 Å². The fraction of sp³-hybridized carbons (Fsp3) is 0.105. The molecule has 1 heterocycles. The van der Waals surface area contributed by atoms with Gasteiger partial charge < -0.3 is 10.1 Å². The number of rotatable bonds is 6. The van der Waals surface area contributed by atoms with Crippen LogP contribution >= 0.6 is 22.9 Å². The molecule has 0 aliphatic heterocycles. The van der Waals surface area contributed by atoms with Crippen molar-refractivity contribution < 1.29 is 13.9 Å². The Morgan fingerprint density at radius 2 is 1.88 bits per heavy atom. The molecule has 0 spiro atoms. The van der Waals surface area contributed by atoms with E-state index in [2.05, 4.69) is 5.32 Å². The lowest BCUT2D eigenvalue weighted by Gasteiger charge is -2.18. The summed E-state index contributed by atoms with van der Waals surface area (Å²) in [5.74, 6) is -0.154. The second-order valence-electron chi connectivity index (χ2n) is 5.29. The van der Waals surface area contributed by atoms with E-state index >= 15 is 0 Å². The lowest BCUT2D eigenvalue weighted by atomic mass is 10.1. The van der Waals surface area contributed by atoms with Gasteiger partial charge in [-0.15, -0.1) is 11.3 Å². The highest BCUT2D eigenvalue weighted by Gasteiger charge is 2.18. The Bertz CT molecular complexity index is 837. The van der Waals surface area contributed by atoms with Gasteiger partial charge in [0.1, 0.15) is 11.6 Å². The summed E-state index contributed by atoms with van der Waals surface area (Å²) in [5, 5.41) is 5.30. The summed E-state index contributed by atoms with van der Waals surface area (Å²) in [4.78, 5) is 13.3. The SMILES string of the molecule is O=C(COc1ccccc1Cl)N[C@H](c1ccc(F)cc1)c1cccs1. The van der Waals surface area contributed by atoms with Crippen LogP contribution in [0.15, 0.2) is 66.0 Å². The maximum atomic E-state index is 13.2. The Morgan fingerprint density at radius 3 is 2.56 bits per heavy atom. The van der Waals surface area contributed by atoms with E-state index in [9.17, 15) is 9.18 Å². The number of carbonyl (C=O) groups is 1. The summed E-state index contributed by atoms with van der Waals surface area (Å²) in [7, 11) is 0. The highest BCUT2D eigenvalue weighted by atomic mass is 35.5. The van der Waals surface area contributed by atoms with E-state index in [4.69, 9.17) is 16.3 Å². The summed E-state index contributed by atoms with van der Waals surface area (Å²) in [6, 6.07) is 16.5. The minimum atomic E-state index is -0.358. The molecular formula is C19H15ClFNO2S. The first-order valence-corrected chi connectivity index (χ1v) is 8.85. The third-order valence-corrected chi connectivity index (χ3v) is 4.78. The van der Waals surface area contributed by atoms with E-state index < -0.39 is 0 Å². The number of hydrogen-bond acceptors (Lipinski definition) is 3. The molecule has 128 valence electrons. The number of amides is 1. The summed E-state index contributed by atoms with van der Waals surface area (Å²) in [5.41, 5.74) is 0.801. The Labute approximate surface area is 154 Å². The lowest BCUT2D eigenvalue weighted by molar-refractivity contribution is -0.123. The average Bonchev–Trinajstić information content (AvgIpc) is 3.14. The van der Waals surface area contributed by atoms with E-state index in [1.54, 1.807) is 36.4 Å². The smallest absolute Gasteiger partial charge is 0.258 e. The van der Waals surface area contributed by atoms with Crippen LogP contribution < -0.4 is 10.1 Å². The molecule has 2 aromatic carbocycles. The van der Waals surface area contributed by atoms with E-state index in [0.29, 0.717) is 10.8 Å². The van der Waals surface area contributed by atoms with Crippen LogP contribution in [-0.2, 0) is 4.79 Å². The van der Waals surface area contributed by atoms with Crippen LogP contribution in [0.5, 0.6) is 5.75 Å². The minimum absolute atomic E-state index is 0.160. The Kier molecular flexibility index (Phi) is 5.68. The van der Waals surface area contributed by atoms with Crippen LogP contribution in [0.3, 0.4) is 0 Å². The van der Waals surface area contributed by atoms with Crippen molar-refractivity contribution in [3.8, 4) is 5.75 Å². The first kappa shape index (κ1) is 17.5. The molecule has 6 heteroatoms. The highest BCUT2D eigenvalue weighted by molar-refractivity contribution is 7.10. The molecule has 0 saturated heterocycles. The van der Waals surface area contributed by atoms with Crippen molar-refractivity contribution in [2.24, 2.45) is 0 Å². The maximum Gasteiger partial charge on any atom is 0.258 e. The van der Waals surface area contributed by atoms with Gasteiger partial charge in [-0.25, -0.2) is 4.39 Å². The normalized spacial score (nSPS) is 11.8. The largest absolute Gasteiger partial charge is 0.482 e. The van der Waals surface area contributed by atoms with Crippen LogP contribution in [0, 0.1) is 5.82 Å². The lowest BCUT2D eigenvalue weighted by Crippen LogP contribution is -2.32. The molecule has 3 rings (SSSR count). The van der Waals surface area contributed by atoms with Crippen LogP contribution in [0.2, 0.25) is 5.02 Å². The molecule has 0 radical (unpaired) electrons. The maximum absolute atomic E-state index is 13.2. The van der Waals surface area contributed by atoms with Gasteiger partial charge in [0.05, 0.1) is 11.1 Å². The number of carbonyl (C=O) groups excluding carboxylic acids is 1. The standard InChI is InChI=1S/C19H15ClFNO2S/c20-15-4-1-2-5-16(15)24-12-18(23)22-19(17-6-3-11-25-17)13-7-9-14(21)10-8-13/h1-11,19H,12H2,(H,22,23)/t19-/m1/s1. The molecule has 3 nitrogen and oxygen atoms in total. The van der Waals surface area contributed by atoms with Crippen molar-refractivity contribution in [3.63, 3.8) is 0 Å². The van der Waals surface area contributed by atoms with Gasteiger partial charge in [-0.2, -0.15) is 0 Å². The number of thiophene rings is 1. The Balaban J connectivity index is 1.71. The first-order chi connectivity index (χ1) is 12.1. The zero-order valence-corrected chi connectivity index (χ0v) is 14.7. The number of para-hydroxylation sites is 1. The Hall–Kier alpha value is -2.37. The quantitative estimate of drug-likeness (QED) is 0.670. The molecule has 0 bridgehead atoms. The number of hydrogen-bond donors (Lipinski definition) is 1. The van der Waals surface area contributed by atoms with Crippen LogP contribution in [0.4, 0.5) is 4.39 Å². The minimum Gasteiger partial charge on any atom is -0.482 e. The van der Waals surface area contributed by atoms with Gasteiger partial charge in [0.2, 0.25) is 0 Å². The molecule has 25 heavy (non-hydrogen) atoms. The molecule has 1 N–H and O–H groups in total. The number of halogens is 2. The second kappa shape index (κ2) is 8.14. The molecule has 0 aliphatic carbocycles. The molecule has 1 amide bonds. The Morgan fingerprint density at radius 1 is 1.12 bits per heavy atom. The first-order valence-electron chi connectivity index (χ1n) is 7.59. The van der Waals surface area contributed by atoms with E-state index in [0.717, 1.165) is 10.4 Å². The summed E-state index contributed by atoms with van der Waals surface area (Å²) in [6.07, 6.45) is 0. The van der Waals surface area contributed by atoms with E-state index in [1.165, 1.54) is 23.5 Å². The molecule has 0 fully saturated rings. The summed E-state index contributed by atoms with van der Waals surface area (Å²) < 4.78 is 18.7. The third-order valence-electron chi connectivity index (χ3n) is 3.53. The van der Waals surface area contributed by atoms with Gasteiger partial charge in [0.25, 0.3) is 5.91 Å². The van der Waals surface area contributed by atoms with Gasteiger partial charge in [-0.3, -0.25) is 4.79 Å². The number of benzene rings is 2. The zero-order valence-electron chi connectivity index (χ0n) is 13.1. The summed E-state index contributed by atoms with van der Waals surface area (Å²) in [6.45, 7) is -0.160. The van der Waals surface area contributed by atoms with Crippen molar-refractivity contribution in [3.05, 3.63) is 87.3 Å². The van der Waals surface area contributed by atoms with Gasteiger partial charge in [-0.1, -0.05) is 41.9 Å². The molecule has 3 aromatic rings. The number of nitrogens with one attached hydrogen (secondary N) is 1. The van der Waals surface area contributed by atoms with Crippen LogP contribution in [-0.4, -0.2) is 12.5 Å². The monoisotopic (exact) mass is 375 g/mol. The molecule has 1 aromatic heterocycles. The van der Waals surface area contributed by atoms with Crippen molar-refractivity contribution in [2.45, 2.75) is 6.04 Å². The second-order valence-corrected chi connectivity index (χ2v) is 6.67. The zero-order chi connectivity index (χ0) is 17.6. The molecular weight excluding hydrogens is 361 g/mol. The van der Waals surface area contributed by atoms with Gasteiger partial charge in [-0.05, 0) is 41.3 Å². The fourth-order valence-electron chi connectivity index (χ4n) is 2.34. The van der Waals surface area contributed by atoms with Crippen molar-refractivity contribution in [1.82, 2.24) is 5.32 Å². The summed E-state index contributed by atoms with van der Waals surface area (Å²) >= 11 is 7.53. The third kappa shape index (κ3) is 4.59. The molecule has 0 aliphatic rings. The predicted molar refractivity (Wildman–Crippen MR) is 97.7 cm³/mol. The fourth-order valence-corrected chi connectivity index (χ4v) is 3.33. The molecule has 1 atom stereocenters. The average molecular weight is 376 g/mol. The topological polar surface area (TPSA) is 38.3 Å². The molecule has 0 unspecified atom stereocenters. The molecule has 0 saturated carbocycles. The van der Waals surface area contributed by atoms with E-state index in [1.807, 2.05) is 17.5 Å². The van der Waals surface area contributed by atoms with Crippen LogP contribution in [0.25, 0.3) is 0 Å². The van der Waals surface area contributed by atoms with Gasteiger partial charge in [0, 0.05) is 4.88 Å². The number of ether oxygens (including phenoxy) is 1. The van der Waals surface area contributed by atoms with Gasteiger partial charge >= 0.3 is 0 Å². The van der Waals surface area contributed by atoms with Crippen molar-refractivity contribution in [2.75, 3.05) is 6.61 Å². The van der Waals surface area contributed by atoms with Gasteiger partial charge in [0.15, 0.2) is 6.61 Å². The van der Waals surface area contributed by atoms with Crippen molar-refractivity contribution >= 4 is 28.8 Å². The predicted octanol–water partition coefficient (Wildman–Crippen LogP) is 4.83.